The Morgan fingerprint density at radius 2 is 1.88 bits per heavy atom. The number of methoxy groups -OCH3 is 2. The van der Waals surface area contributed by atoms with Crippen molar-refractivity contribution in [3.63, 3.8) is 0 Å². The van der Waals surface area contributed by atoms with Crippen LogP contribution in [0.15, 0.2) is 54.7 Å². The molecule has 1 aromatic heterocycles. The molecule has 1 N–H and O–H groups in total. The number of benzene rings is 2. The van der Waals surface area contributed by atoms with Crippen LogP contribution in [0.2, 0.25) is 0 Å². The first-order chi connectivity index (χ1) is 12.6. The summed E-state index contributed by atoms with van der Waals surface area (Å²) in [6, 6.07) is 12.6. The van der Waals surface area contributed by atoms with E-state index in [1.807, 2.05) is 18.2 Å². The number of aromatic nitrogens is 2. The van der Waals surface area contributed by atoms with Crippen molar-refractivity contribution in [2.75, 3.05) is 19.5 Å². The molecule has 0 aliphatic heterocycles. The number of carbonyl (C=O) groups excluding carboxylic acids is 1. The molecule has 0 fully saturated rings. The minimum absolute atomic E-state index is 0.343. The highest BCUT2D eigenvalue weighted by Crippen LogP contribution is 2.31. The molecule has 26 heavy (non-hydrogen) atoms. The van der Waals surface area contributed by atoms with E-state index in [2.05, 4.69) is 10.4 Å². The zero-order chi connectivity index (χ0) is 18.5. The summed E-state index contributed by atoms with van der Waals surface area (Å²) in [5, 5.41) is 7.03. The average Bonchev–Trinajstić information content (AvgIpc) is 3.08. The molecule has 0 spiro atoms. The number of anilines is 1. The molecule has 3 rings (SSSR count). The number of para-hydroxylation sites is 1. The van der Waals surface area contributed by atoms with E-state index in [0.717, 1.165) is 5.56 Å². The number of rotatable bonds is 6. The minimum atomic E-state index is -0.392. The third-order valence-corrected chi connectivity index (χ3v) is 3.87. The second-order valence-corrected chi connectivity index (χ2v) is 5.49. The molecule has 0 atom stereocenters. The van der Waals surface area contributed by atoms with Gasteiger partial charge in [0.15, 0.2) is 11.5 Å². The summed E-state index contributed by atoms with van der Waals surface area (Å²) in [6.07, 6.45) is 1.59. The van der Waals surface area contributed by atoms with Gasteiger partial charge in [-0.25, -0.2) is 9.07 Å². The number of nitrogens with zero attached hydrogens (tertiary/aromatic N) is 2. The first-order valence-corrected chi connectivity index (χ1v) is 7.91. The van der Waals surface area contributed by atoms with Crippen LogP contribution in [-0.2, 0) is 6.54 Å². The Bertz CT molecular complexity index is 907. The molecule has 1 heterocycles. The highest BCUT2D eigenvalue weighted by Gasteiger charge is 2.14. The number of amides is 1. The summed E-state index contributed by atoms with van der Waals surface area (Å²) < 4.78 is 25.4. The van der Waals surface area contributed by atoms with E-state index in [1.165, 1.54) is 24.3 Å². The van der Waals surface area contributed by atoms with Crippen molar-refractivity contribution in [1.29, 1.82) is 0 Å². The first kappa shape index (κ1) is 17.5. The fraction of sp³-hybridized carbons (Fsp3) is 0.158. The van der Waals surface area contributed by atoms with Crippen LogP contribution in [0.3, 0.4) is 0 Å². The maximum atomic E-state index is 13.0. The molecule has 0 unspecified atom stereocenters. The lowest BCUT2D eigenvalue weighted by Gasteiger charge is -2.14. The molecule has 6 nitrogen and oxygen atoms in total. The summed E-state index contributed by atoms with van der Waals surface area (Å²) in [6.45, 7) is 0.381. The molecule has 0 saturated carbocycles. The fourth-order valence-corrected chi connectivity index (χ4v) is 2.59. The van der Waals surface area contributed by atoms with Gasteiger partial charge >= 0.3 is 0 Å². The molecule has 0 radical (unpaired) electrons. The number of hydrogen-bond donors (Lipinski definition) is 1. The van der Waals surface area contributed by atoms with Gasteiger partial charge in [-0.2, -0.15) is 5.10 Å². The average molecular weight is 355 g/mol. The molecule has 0 aliphatic carbocycles. The third-order valence-electron chi connectivity index (χ3n) is 3.87. The highest BCUT2D eigenvalue weighted by molar-refractivity contribution is 6.03. The molecule has 7 heteroatoms. The molecule has 0 saturated heterocycles. The van der Waals surface area contributed by atoms with Crippen LogP contribution in [0.1, 0.15) is 15.9 Å². The van der Waals surface area contributed by atoms with Gasteiger partial charge in [0.25, 0.3) is 5.91 Å². The maximum absolute atomic E-state index is 13.0. The summed E-state index contributed by atoms with van der Waals surface area (Å²) in [5.41, 5.74) is 1.21. The molecular formula is C19H18FN3O3. The smallest absolute Gasteiger partial charge is 0.256 e. The van der Waals surface area contributed by atoms with Crippen LogP contribution < -0.4 is 14.8 Å². The van der Waals surface area contributed by atoms with E-state index in [1.54, 1.807) is 31.2 Å². The van der Waals surface area contributed by atoms with Gasteiger partial charge < -0.3 is 14.8 Å². The minimum Gasteiger partial charge on any atom is -0.493 e. The Kier molecular flexibility index (Phi) is 5.17. The van der Waals surface area contributed by atoms with Crippen molar-refractivity contribution in [2.45, 2.75) is 6.54 Å². The van der Waals surface area contributed by atoms with Crippen molar-refractivity contribution < 1.29 is 18.7 Å². The lowest BCUT2D eigenvalue weighted by molar-refractivity contribution is 0.102. The van der Waals surface area contributed by atoms with E-state index in [-0.39, 0.29) is 5.91 Å². The van der Waals surface area contributed by atoms with Crippen LogP contribution in [0.4, 0.5) is 10.2 Å². The summed E-state index contributed by atoms with van der Waals surface area (Å²) in [4.78, 5) is 12.3. The molecule has 1 amide bonds. The van der Waals surface area contributed by atoms with Gasteiger partial charge in [0.1, 0.15) is 11.6 Å². The fourth-order valence-electron chi connectivity index (χ4n) is 2.59. The predicted molar refractivity (Wildman–Crippen MR) is 95.2 cm³/mol. The van der Waals surface area contributed by atoms with E-state index < -0.39 is 5.82 Å². The Morgan fingerprint density at radius 3 is 2.58 bits per heavy atom. The van der Waals surface area contributed by atoms with Crippen LogP contribution >= 0.6 is 0 Å². The molecule has 134 valence electrons. The van der Waals surface area contributed by atoms with E-state index in [4.69, 9.17) is 9.47 Å². The van der Waals surface area contributed by atoms with Gasteiger partial charge in [-0.1, -0.05) is 12.1 Å². The summed E-state index contributed by atoms with van der Waals surface area (Å²) >= 11 is 0. The zero-order valence-corrected chi connectivity index (χ0v) is 14.4. The number of carbonyl (C=O) groups is 1. The van der Waals surface area contributed by atoms with Crippen LogP contribution in [0.25, 0.3) is 0 Å². The maximum Gasteiger partial charge on any atom is 0.256 e. The van der Waals surface area contributed by atoms with Gasteiger partial charge in [0.2, 0.25) is 0 Å². The van der Waals surface area contributed by atoms with Gasteiger partial charge in [-0.3, -0.25) is 4.79 Å². The lowest BCUT2D eigenvalue weighted by atomic mass is 10.2. The topological polar surface area (TPSA) is 65.4 Å². The number of halogens is 1. The molecule has 0 bridgehead atoms. The quantitative estimate of drug-likeness (QED) is 0.736. The SMILES string of the molecule is COc1cccc(Cn2nccc2NC(=O)c2ccc(F)cc2)c1OC. The van der Waals surface area contributed by atoms with Gasteiger partial charge in [0.05, 0.1) is 27.0 Å². The van der Waals surface area contributed by atoms with E-state index in [9.17, 15) is 9.18 Å². The standard InChI is InChI=1S/C19H18FN3O3/c1-25-16-5-3-4-14(18(16)26-2)12-23-17(10-11-21-23)22-19(24)13-6-8-15(20)9-7-13/h3-11H,12H2,1-2H3,(H,22,24). The number of nitrogens with one attached hydrogen (secondary N) is 1. The normalized spacial score (nSPS) is 10.4. The van der Waals surface area contributed by atoms with E-state index >= 15 is 0 Å². The van der Waals surface area contributed by atoms with Crippen LogP contribution in [0, 0.1) is 5.82 Å². The van der Waals surface area contributed by atoms with Gasteiger partial charge in [-0.05, 0) is 30.3 Å². The van der Waals surface area contributed by atoms with Crippen molar-refractivity contribution in [3.8, 4) is 11.5 Å². The number of hydrogen-bond acceptors (Lipinski definition) is 4. The zero-order valence-electron chi connectivity index (χ0n) is 14.4. The van der Waals surface area contributed by atoms with Crippen molar-refractivity contribution in [1.82, 2.24) is 9.78 Å². The first-order valence-electron chi connectivity index (χ1n) is 7.91. The number of ether oxygens (including phenoxy) is 2. The molecule has 0 aliphatic rings. The van der Waals surface area contributed by atoms with Crippen molar-refractivity contribution in [2.24, 2.45) is 0 Å². The van der Waals surface area contributed by atoms with Crippen molar-refractivity contribution >= 4 is 11.7 Å². The van der Waals surface area contributed by atoms with Crippen LogP contribution in [-0.4, -0.2) is 29.9 Å². The Hall–Kier alpha value is -3.35. The second-order valence-electron chi connectivity index (χ2n) is 5.49. The summed E-state index contributed by atoms with van der Waals surface area (Å²) in [7, 11) is 3.14. The van der Waals surface area contributed by atoms with Crippen molar-refractivity contribution in [3.05, 3.63) is 71.7 Å². The monoisotopic (exact) mass is 355 g/mol. The lowest BCUT2D eigenvalue weighted by Crippen LogP contribution is -2.16. The highest BCUT2D eigenvalue weighted by atomic mass is 19.1. The second kappa shape index (κ2) is 7.69. The molecule has 3 aromatic rings. The third kappa shape index (κ3) is 3.66. The Morgan fingerprint density at radius 1 is 1.12 bits per heavy atom. The largest absolute Gasteiger partial charge is 0.493 e. The predicted octanol–water partition coefficient (Wildman–Crippen LogP) is 3.34. The van der Waals surface area contributed by atoms with Crippen LogP contribution in [0.5, 0.6) is 11.5 Å². The molecular weight excluding hydrogens is 337 g/mol. The Balaban J connectivity index is 1.81. The molecule has 2 aromatic carbocycles. The summed E-state index contributed by atoms with van der Waals surface area (Å²) in [5.74, 6) is 1.01. The van der Waals surface area contributed by atoms with Gasteiger partial charge in [-0.15, -0.1) is 0 Å². The van der Waals surface area contributed by atoms with Gasteiger partial charge in [0, 0.05) is 17.2 Å². The van der Waals surface area contributed by atoms with E-state index in [0.29, 0.717) is 29.4 Å². The Labute approximate surface area is 150 Å².